The number of aromatic nitrogens is 2. The van der Waals surface area contributed by atoms with Gasteiger partial charge in [0.15, 0.2) is 0 Å². The first-order valence-corrected chi connectivity index (χ1v) is 10.2. The summed E-state index contributed by atoms with van der Waals surface area (Å²) in [6.07, 6.45) is 4.02. The zero-order valence-corrected chi connectivity index (χ0v) is 16.5. The standard InChI is InChI=1S/C19H20BrN3OS/c1-13-18(20)15-6-2-3-7-16(15)23(13)12-17(24)22-9-4-5-14(11-22)19-21-8-10-25-19/h2-3,6-8,10,14H,4-5,9,11-12H2,1H3. The van der Waals surface area contributed by atoms with E-state index in [1.807, 2.05) is 28.6 Å². The maximum atomic E-state index is 13.0. The van der Waals surface area contributed by atoms with Gasteiger partial charge in [-0.15, -0.1) is 11.3 Å². The van der Waals surface area contributed by atoms with E-state index in [-0.39, 0.29) is 5.91 Å². The number of carbonyl (C=O) groups excluding carboxylic acids is 1. The van der Waals surface area contributed by atoms with Gasteiger partial charge in [0.05, 0.1) is 5.01 Å². The maximum Gasteiger partial charge on any atom is 0.242 e. The smallest absolute Gasteiger partial charge is 0.242 e. The summed E-state index contributed by atoms with van der Waals surface area (Å²) in [5.74, 6) is 0.574. The van der Waals surface area contributed by atoms with Gasteiger partial charge in [-0.1, -0.05) is 18.2 Å². The first-order valence-electron chi connectivity index (χ1n) is 8.55. The van der Waals surface area contributed by atoms with Gasteiger partial charge in [-0.3, -0.25) is 4.79 Å². The molecule has 0 aliphatic carbocycles. The Labute approximate surface area is 159 Å². The molecule has 3 heterocycles. The zero-order valence-electron chi connectivity index (χ0n) is 14.1. The Morgan fingerprint density at radius 1 is 1.40 bits per heavy atom. The van der Waals surface area contributed by atoms with E-state index >= 15 is 0 Å². The van der Waals surface area contributed by atoms with Gasteiger partial charge >= 0.3 is 0 Å². The fraction of sp³-hybridized carbons (Fsp3) is 0.368. The van der Waals surface area contributed by atoms with E-state index in [1.165, 1.54) is 0 Å². The molecule has 1 amide bonds. The van der Waals surface area contributed by atoms with Crippen molar-refractivity contribution < 1.29 is 4.79 Å². The Hall–Kier alpha value is -1.66. The summed E-state index contributed by atoms with van der Waals surface area (Å²) in [4.78, 5) is 19.4. The van der Waals surface area contributed by atoms with Crippen molar-refractivity contribution in [3.63, 3.8) is 0 Å². The van der Waals surface area contributed by atoms with Crippen molar-refractivity contribution in [2.24, 2.45) is 0 Å². The highest BCUT2D eigenvalue weighted by molar-refractivity contribution is 9.10. The molecule has 0 bridgehead atoms. The van der Waals surface area contributed by atoms with E-state index in [1.54, 1.807) is 11.3 Å². The molecule has 3 aromatic rings. The van der Waals surface area contributed by atoms with Gasteiger partial charge in [0.1, 0.15) is 6.54 Å². The van der Waals surface area contributed by atoms with Gasteiger partial charge in [-0.2, -0.15) is 0 Å². The highest BCUT2D eigenvalue weighted by Crippen LogP contribution is 2.31. The minimum Gasteiger partial charge on any atom is -0.340 e. The third-order valence-corrected chi connectivity index (χ3v) is 6.96. The number of carbonyl (C=O) groups is 1. The highest BCUT2D eigenvalue weighted by atomic mass is 79.9. The normalized spacial score (nSPS) is 18.0. The van der Waals surface area contributed by atoms with E-state index in [0.717, 1.165) is 52.0 Å². The van der Waals surface area contributed by atoms with Gasteiger partial charge in [0.2, 0.25) is 5.91 Å². The molecule has 4 nitrogen and oxygen atoms in total. The molecule has 1 aliphatic rings. The van der Waals surface area contributed by atoms with Gasteiger partial charge in [0, 0.05) is 51.7 Å². The predicted molar refractivity (Wildman–Crippen MR) is 105 cm³/mol. The van der Waals surface area contributed by atoms with Crippen molar-refractivity contribution in [2.45, 2.75) is 32.2 Å². The second kappa shape index (κ2) is 6.92. The molecule has 4 rings (SSSR count). The van der Waals surface area contributed by atoms with Crippen LogP contribution in [0.3, 0.4) is 0 Å². The van der Waals surface area contributed by atoms with Crippen LogP contribution in [0.5, 0.6) is 0 Å². The minimum absolute atomic E-state index is 0.192. The first kappa shape index (κ1) is 16.8. The average Bonchev–Trinajstić information content (AvgIpc) is 3.26. The van der Waals surface area contributed by atoms with Crippen LogP contribution in [0.1, 0.15) is 29.5 Å². The van der Waals surface area contributed by atoms with E-state index in [9.17, 15) is 4.79 Å². The van der Waals surface area contributed by atoms with Gasteiger partial charge in [-0.05, 0) is 41.8 Å². The van der Waals surface area contributed by atoms with Crippen LogP contribution in [0.2, 0.25) is 0 Å². The molecule has 0 saturated carbocycles. The molecule has 25 heavy (non-hydrogen) atoms. The van der Waals surface area contributed by atoms with Crippen molar-refractivity contribution in [3.8, 4) is 0 Å². The fourth-order valence-corrected chi connectivity index (χ4v) is 4.99. The zero-order chi connectivity index (χ0) is 17.4. The molecule has 6 heteroatoms. The molecule has 1 fully saturated rings. The van der Waals surface area contributed by atoms with Crippen molar-refractivity contribution in [3.05, 3.63) is 51.0 Å². The Balaban J connectivity index is 1.55. The molecule has 2 aromatic heterocycles. The second-order valence-corrected chi connectivity index (χ2v) is 8.27. The largest absolute Gasteiger partial charge is 0.340 e. The number of halogens is 1. The van der Waals surface area contributed by atoms with Crippen LogP contribution < -0.4 is 0 Å². The molecule has 0 radical (unpaired) electrons. The summed E-state index contributed by atoms with van der Waals surface area (Å²) in [5, 5.41) is 4.33. The number of likely N-dealkylation sites (tertiary alicyclic amines) is 1. The monoisotopic (exact) mass is 417 g/mol. The first-order chi connectivity index (χ1) is 12.1. The van der Waals surface area contributed by atoms with Gasteiger partial charge in [-0.25, -0.2) is 4.98 Å². The van der Waals surface area contributed by atoms with E-state index < -0.39 is 0 Å². The van der Waals surface area contributed by atoms with Crippen LogP contribution in [-0.2, 0) is 11.3 Å². The quantitative estimate of drug-likeness (QED) is 0.625. The molecule has 1 atom stereocenters. The number of fused-ring (bicyclic) bond motifs is 1. The van der Waals surface area contributed by atoms with Crippen LogP contribution in [0.15, 0.2) is 40.3 Å². The molecule has 1 aromatic carbocycles. The predicted octanol–water partition coefficient (Wildman–Crippen LogP) is 4.57. The number of para-hydroxylation sites is 1. The fourth-order valence-electron chi connectivity index (χ4n) is 3.67. The number of amides is 1. The Morgan fingerprint density at radius 2 is 2.24 bits per heavy atom. The summed E-state index contributed by atoms with van der Waals surface area (Å²) in [6, 6.07) is 8.22. The lowest BCUT2D eigenvalue weighted by Crippen LogP contribution is -2.40. The van der Waals surface area contributed by atoms with E-state index in [0.29, 0.717) is 12.5 Å². The second-order valence-electron chi connectivity index (χ2n) is 6.55. The molecular formula is C19H20BrN3OS. The third-order valence-electron chi connectivity index (χ3n) is 5.02. The molecule has 130 valence electrons. The van der Waals surface area contributed by atoms with Crippen LogP contribution in [-0.4, -0.2) is 33.4 Å². The van der Waals surface area contributed by atoms with Crippen LogP contribution in [0, 0.1) is 6.92 Å². The SMILES string of the molecule is Cc1c(Br)c2ccccc2n1CC(=O)N1CCCC(c2nccs2)C1. The lowest BCUT2D eigenvalue weighted by atomic mass is 9.98. The van der Waals surface area contributed by atoms with Crippen molar-refractivity contribution >= 4 is 44.1 Å². The summed E-state index contributed by atoms with van der Waals surface area (Å²) in [5.41, 5.74) is 2.21. The summed E-state index contributed by atoms with van der Waals surface area (Å²) >= 11 is 5.36. The summed E-state index contributed by atoms with van der Waals surface area (Å²) in [7, 11) is 0. The highest BCUT2D eigenvalue weighted by Gasteiger charge is 2.27. The number of piperidine rings is 1. The summed E-state index contributed by atoms with van der Waals surface area (Å²) < 4.78 is 3.20. The van der Waals surface area contributed by atoms with E-state index in [2.05, 4.69) is 44.5 Å². The third kappa shape index (κ3) is 3.13. The Bertz CT molecular complexity index is 903. The molecule has 0 spiro atoms. The maximum absolute atomic E-state index is 13.0. The molecule has 1 saturated heterocycles. The molecule has 0 N–H and O–H groups in total. The van der Waals surface area contributed by atoms with Crippen molar-refractivity contribution in [2.75, 3.05) is 13.1 Å². The van der Waals surface area contributed by atoms with Crippen molar-refractivity contribution in [1.29, 1.82) is 0 Å². The number of rotatable bonds is 3. The molecule has 1 aliphatic heterocycles. The Morgan fingerprint density at radius 3 is 3.04 bits per heavy atom. The lowest BCUT2D eigenvalue weighted by molar-refractivity contribution is -0.133. The molecule has 1 unspecified atom stereocenters. The number of benzene rings is 1. The number of hydrogen-bond donors (Lipinski definition) is 0. The van der Waals surface area contributed by atoms with Crippen LogP contribution in [0.25, 0.3) is 10.9 Å². The number of thiazole rings is 1. The van der Waals surface area contributed by atoms with E-state index in [4.69, 9.17) is 0 Å². The summed E-state index contributed by atoms with van der Waals surface area (Å²) in [6.45, 7) is 4.08. The number of hydrogen-bond acceptors (Lipinski definition) is 3. The van der Waals surface area contributed by atoms with Gasteiger partial charge in [0.25, 0.3) is 0 Å². The van der Waals surface area contributed by atoms with Gasteiger partial charge < -0.3 is 9.47 Å². The van der Waals surface area contributed by atoms with Crippen LogP contribution >= 0.6 is 27.3 Å². The molecular weight excluding hydrogens is 398 g/mol. The topological polar surface area (TPSA) is 38.1 Å². The minimum atomic E-state index is 0.192. The number of nitrogens with zero attached hydrogens (tertiary/aromatic N) is 3. The van der Waals surface area contributed by atoms with Crippen molar-refractivity contribution in [1.82, 2.24) is 14.5 Å². The lowest BCUT2D eigenvalue weighted by Gasteiger charge is -2.32. The Kier molecular flexibility index (Phi) is 4.65. The van der Waals surface area contributed by atoms with Crippen LogP contribution in [0.4, 0.5) is 0 Å². The average molecular weight is 418 g/mol.